The molecule has 18 heavy (non-hydrogen) atoms. The average Bonchev–Trinajstić information content (AvgIpc) is 2.30. The van der Waals surface area contributed by atoms with Gasteiger partial charge in [0.1, 0.15) is 18.2 Å². The molecule has 0 aliphatic rings. The maximum absolute atomic E-state index is 13.1. The minimum Gasteiger partial charge on any atom is -0.375 e. The number of ether oxygens (including phenoxy) is 1. The van der Waals surface area contributed by atoms with Crippen LogP contribution in [0.5, 0.6) is 0 Å². The smallest absolute Gasteiger partial charge is 0.261 e. The van der Waals surface area contributed by atoms with Gasteiger partial charge in [-0.2, -0.15) is 0 Å². The minimum atomic E-state index is -2.54. The van der Waals surface area contributed by atoms with Crippen LogP contribution >= 0.6 is 11.6 Å². The topological polar surface area (TPSA) is 26.3 Å². The van der Waals surface area contributed by atoms with Crippen LogP contribution in [0.1, 0.15) is 12.0 Å². The summed E-state index contributed by atoms with van der Waals surface area (Å²) in [6.45, 7) is -0.760. The summed E-state index contributed by atoms with van der Waals surface area (Å²) in [6.07, 6.45) is -2.58. The molecule has 100 valence electrons. The van der Waals surface area contributed by atoms with Gasteiger partial charge in [0.15, 0.2) is 0 Å². The number of carbonyl (C=O) groups is 1. The lowest BCUT2D eigenvalue weighted by Gasteiger charge is -2.05. The van der Waals surface area contributed by atoms with E-state index in [-0.39, 0.29) is 30.3 Å². The van der Waals surface area contributed by atoms with Crippen molar-refractivity contribution in [1.82, 2.24) is 0 Å². The second-order valence-electron chi connectivity index (χ2n) is 3.64. The highest BCUT2D eigenvalue weighted by Gasteiger charge is 2.10. The molecule has 6 heteroatoms. The summed E-state index contributed by atoms with van der Waals surface area (Å²) in [4.78, 5) is 11.5. The van der Waals surface area contributed by atoms with Crippen molar-refractivity contribution in [3.8, 4) is 0 Å². The van der Waals surface area contributed by atoms with Gasteiger partial charge in [-0.25, -0.2) is 13.2 Å². The van der Waals surface area contributed by atoms with Crippen LogP contribution in [-0.2, 0) is 16.0 Å². The summed E-state index contributed by atoms with van der Waals surface area (Å²) < 4.78 is 41.1. The number of rotatable bonds is 7. The molecule has 0 atom stereocenters. The summed E-state index contributed by atoms with van der Waals surface area (Å²) in [5.41, 5.74) is 0.385. The Morgan fingerprint density at radius 2 is 2.11 bits per heavy atom. The SMILES string of the molecule is O=C(CCOCC(F)F)Cc1cccc(F)c1Cl. The van der Waals surface area contributed by atoms with Crippen LogP contribution in [0, 0.1) is 5.82 Å². The molecule has 0 aromatic heterocycles. The molecular weight excluding hydrogens is 269 g/mol. The van der Waals surface area contributed by atoms with Gasteiger partial charge in [0.2, 0.25) is 0 Å². The van der Waals surface area contributed by atoms with E-state index in [1.807, 2.05) is 0 Å². The van der Waals surface area contributed by atoms with Crippen molar-refractivity contribution in [1.29, 1.82) is 0 Å². The lowest BCUT2D eigenvalue weighted by Crippen LogP contribution is -2.11. The molecule has 1 aromatic carbocycles. The molecule has 1 aromatic rings. The third-order valence-electron chi connectivity index (χ3n) is 2.19. The first-order valence-corrected chi connectivity index (χ1v) is 5.69. The fourth-order valence-corrected chi connectivity index (χ4v) is 1.54. The summed E-state index contributed by atoms with van der Waals surface area (Å²) in [6, 6.07) is 4.20. The molecule has 0 aliphatic heterocycles. The molecule has 0 heterocycles. The van der Waals surface area contributed by atoms with E-state index in [9.17, 15) is 18.0 Å². The molecule has 0 bridgehead atoms. The van der Waals surface area contributed by atoms with Gasteiger partial charge in [0, 0.05) is 12.8 Å². The molecule has 0 fully saturated rings. The van der Waals surface area contributed by atoms with Crippen molar-refractivity contribution in [3.63, 3.8) is 0 Å². The minimum absolute atomic E-state index is 0.000434. The van der Waals surface area contributed by atoms with Gasteiger partial charge >= 0.3 is 0 Å². The normalized spacial score (nSPS) is 10.9. The lowest BCUT2D eigenvalue weighted by molar-refractivity contribution is -0.119. The molecule has 0 spiro atoms. The molecular formula is C12H12ClF3O2. The number of hydrogen-bond donors (Lipinski definition) is 0. The van der Waals surface area contributed by atoms with Crippen molar-refractivity contribution < 1.29 is 22.7 Å². The van der Waals surface area contributed by atoms with Gasteiger partial charge in [0.05, 0.1) is 11.6 Å². The van der Waals surface area contributed by atoms with E-state index in [4.69, 9.17) is 11.6 Å². The van der Waals surface area contributed by atoms with E-state index >= 15 is 0 Å². The van der Waals surface area contributed by atoms with Crippen molar-refractivity contribution in [2.45, 2.75) is 19.3 Å². The van der Waals surface area contributed by atoms with Crippen LogP contribution < -0.4 is 0 Å². The maximum Gasteiger partial charge on any atom is 0.261 e. The molecule has 0 saturated heterocycles. The highest BCUT2D eigenvalue weighted by atomic mass is 35.5. The number of halogens is 4. The second kappa shape index (κ2) is 7.38. The largest absolute Gasteiger partial charge is 0.375 e. The Hall–Kier alpha value is -1.07. The van der Waals surface area contributed by atoms with Gasteiger partial charge in [-0.3, -0.25) is 4.79 Å². The average molecular weight is 281 g/mol. The summed E-state index contributed by atoms with van der Waals surface area (Å²) in [7, 11) is 0. The Morgan fingerprint density at radius 3 is 2.78 bits per heavy atom. The van der Waals surface area contributed by atoms with E-state index in [0.717, 1.165) is 0 Å². The fraction of sp³-hybridized carbons (Fsp3) is 0.417. The first-order valence-electron chi connectivity index (χ1n) is 5.31. The number of hydrogen-bond acceptors (Lipinski definition) is 2. The summed E-state index contributed by atoms with van der Waals surface area (Å²) in [5, 5.41) is -0.0839. The van der Waals surface area contributed by atoms with Crippen LogP contribution in [-0.4, -0.2) is 25.4 Å². The molecule has 0 N–H and O–H groups in total. The van der Waals surface area contributed by atoms with Gasteiger partial charge in [-0.05, 0) is 11.6 Å². The maximum atomic E-state index is 13.1. The standard InChI is InChI=1S/C12H12ClF3O2/c13-12-8(2-1-3-10(12)14)6-9(17)4-5-18-7-11(15)16/h1-3,11H,4-7H2. The monoisotopic (exact) mass is 280 g/mol. The molecule has 0 saturated carbocycles. The first-order chi connectivity index (χ1) is 8.50. The van der Waals surface area contributed by atoms with E-state index in [1.54, 1.807) is 6.07 Å². The zero-order chi connectivity index (χ0) is 13.5. The Kier molecular flexibility index (Phi) is 6.15. The molecule has 1 rings (SSSR count). The van der Waals surface area contributed by atoms with Crippen molar-refractivity contribution in [2.75, 3.05) is 13.2 Å². The van der Waals surface area contributed by atoms with Crippen LogP contribution in [0.2, 0.25) is 5.02 Å². The van der Waals surface area contributed by atoms with E-state index < -0.39 is 18.8 Å². The van der Waals surface area contributed by atoms with Crippen molar-refractivity contribution >= 4 is 17.4 Å². The van der Waals surface area contributed by atoms with Gasteiger partial charge in [-0.1, -0.05) is 23.7 Å². The van der Waals surface area contributed by atoms with Crippen LogP contribution in [0.4, 0.5) is 13.2 Å². The highest BCUT2D eigenvalue weighted by molar-refractivity contribution is 6.31. The van der Waals surface area contributed by atoms with E-state index in [0.29, 0.717) is 5.56 Å². The predicted octanol–water partition coefficient (Wildman–Crippen LogP) is 3.26. The first kappa shape index (κ1) is 15.0. The summed E-state index contributed by atoms with van der Waals surface area (Å²) >= 11 is 5.68. The van der Waals surface area contributed by atoms with Crippen molar-refractivity contribution in [3.05, 3.63) is 34.6 Å². The Bertz CT molecular complexity index is 410. The van der Waals surface area contributed by atoms with E-state index in [2.05, 4.69) is 4.74 Å². The van der Waals surface area contributed by atoms with Crippen LogP contribution in [0.3, 0.4) is 0 Å². The quantitative estimate of drug-likeness (QED) is 0.717. The number of carbonyl (C=O) groups excluding carboxylic acids is 1. The highest BCUT2D eigenvalue weighted by Crippen LogP contribution is 2.20. The van der Waals surface area contributed by atoms with Gasteiger partial charge in [0.25, 0.3) is 6.43 Å². The zero-order valence-electron chi connectivity index (χ0n) is 9.47. The Labute approximate surface area is 108 Å². The molecule has 0 radical (unpaired) electrons. The molecule has 2 nitrogen and oxygen atoms in total. The second-order valence-corrected chi connectivity index (χ2v) is 4.02. The van der Waals surface area contributed by atoms with Crippen LogP contribution in [0.15, 0.2) is 18.2 Å². The van der Waals surface area contributed by atoms with Crippen molar-refractivity contribution in [2.24, 2.45) is 0 Å². The molecule has 0 aliphatic carbocycles. The molecule has 0 unspecified atom stereocenters. The number of ketones is 1. The van der Waals surface area contributed by atoms with Gasteiger partial charge < -0.3 is 4.74 Å². The van der Waals surface area contributed by atoms with E-state index in [1.165, 1.54) is 12.1 Å². The Balaban J connectivity index is 2.38. The number of benzene rings is 1. The zero-order valence-corrected chi connectivity index (χ0v) is 10.2. The third-order valence-corrected chi connectivity index (χ3v) is 2.61. The Morgan fingerprint density at radius 1 is 1.39 bits per heavy atom. The van der Waals surface area contributed by atoms with Crippen LogP contribution in [0.25, 0.3) is 0 Å². The predicted molar refractivity (Wildman–Crippen MR) is 61.6 cm³/mol. The number of Topliss-reactive ketones (excluding diaryl/α,β-unsaturated/α-hetero) is 1. The lowest BCUT2D eigenvalue weighted by atomic mass is 10.1. The number of alkyl halides is 2. The fourth-order valence-electron chi connectivity index (χ4n) is 1.34. The molecule has 0 amide bonds. The summed E-state index contributed by atoms with van der Waals surface area (Å²) in [5.74, 6) is -0.826. The third kappa shape index (κ3) is 5.06. The van der Waals surface area contributed by atoms with Gasteiger partial charge in [-0.15, -0.1) is 0 Å².